The van der Waals surface area contributed by atoms with Gasteiger partial charge in [-0.3, -0.25) is 4.79 Å². The third kappa shape index (κ3) is 4.38. The summed E-state index contributed by atoms with van der Waals surface area (Å²) >= 11 is 0. The van der Waals surface area contributed by atoms with Crippen LogP contribution in [0.15, 0.2) is 73.8 Å². The monoisotopic (exact) mass is 334 g/mol. The molecule has 0 saturated carbocycles. The number of benzene rings is 2. The highest BCUT2D eigenvalue weighted by atomic mass is 16.2. The summed E-state index contributed by atoms with van der Waals surface area (Å²) in [5.41, 5.74) is 4.18. The molecule has 0 spiro atoms. The third-order valence-corrected chi connectivity index (χ3v) is 4.47. The number of nitrogens with zero attached hydrogens (tertiary/aromatic N) is 2. The van der Waals surface area contributed by atoms with Crippen LogP contribution >= 0.6 is 0 Å². The largest absolute Gasteiger partial charge is 0.363 e. The Morgan fingerprint density at radius 3 is 2.16 bits per heavy atom. The Kier molecular flexibility index (Phi) is 6.18. The normalized spacial score (nSPS) is 11.5. The number of likely N-dealkylation sites (N-methyl/N-ethyl adjacent to an activating group) is 2. The molecule has 1 amide bonds. The first-order valence-electron chi connectivity index (χ1n) is 8.39. The van der Waals surface area contributed by atoms with E-state index >= 15 is 0 Å². The summed E-state index contributed by atoms with van der Waals surface area (Å²) in [6, 6.07) is 18.2. The molecule has 0 aliphatic heterocycles. The number of carbonyl (C=O) groups is 1. The Hall–Kier alpha value is -2.81. The molecule has 0 aliphatic rings. The van der Waals surface area contributed by atoms with E-state index in [1.54, 1.807) is 18.0 Å². The van der Waals surface area contributed by atoms with Crippen LogP contribution in [0.1, 0.15) is 12.5 Å². The van der Waals surface area contributed by atoms with Crippen LogP contribution in [0.2, 0.25) is 0 Å². The molecule has 2 aromatic carbocycles. The van der Waals surface area contributed by atoms with E-state index in [0.29, 0.717) is 6.54 Å². The predicted octanol–water partition coefficient (Wildman–Crippen LogP) is 4.29. The minimum atomic E-state index is -0.286. The van der Waals surface area contributed by atoms with Crippen LogP contribution in [-0.4, -0.2) is 42.4 Å². The van der Waals surface area contributed by atoms with Gasteiger partial charge in [0.05, 0.1) is 0 Å². The molecule has 3 heteroatoms. The zero-order chi connectivity index (χ0) is 18.4. The molecule has 3 nitrogen and oxygen atoms in total. The van der Waals surface area contributed by atoms with Crippen molar-refractivity contribution in [3.63, 3.8) is 0 Å². The van der Waals surface area contributed by atoms with Gasteiger partial charge < -0.3 is 9.80 Å². The van der Waals surface area contributed by atoms with Crippen molar-refractivity contribution in [3.8, 4) is 11.1 Å². The maximum absolute atomic E-state index is 12.4. The quantitative estimate of drug-likeness (QED) is 0.705. The molecule has 0 N–H and O–H groups in total. The number of rotatable bonds is 7. The SMILES string of the molecule is C=CCN(C)C(=O)C(C)N(C)C(=C)c1ccc(-c2ccccc2)cc1. The standard InChI is InChI=1S/C22H26N2O/c1-6-16-23(4)22(25)18(3)24(5)17(2)19-12-14-21(15-13-19)20-10-8-7-9-11-20/h6-15,18H,1-2,16H2,3-5H3. The fraction of sp³-hybridized carbons (Fsp3) is 0.227. The molecular weight excluding hydrogens is 308 g/mol. The first-order chi connectivity index (χ1) is 12.0. The molecule has 0 aliphatic carbocycles. The lowest BCUT2D eigenvalue weighted by Crippen LogP contribution is -2.43. The summed E-state index contributed by atoms with van der Waals surface area (Å²) in [6.45, 7) is 10.3. The van der Waals surface area contributed by atoms with Crippen LogP contribution in [0.5, 0.6) is 0 Å². The van der Waals surface area contributed by atoms with E-state index < -0.39 is 0 Å². The van der Waals surface area contributed by atoms with E-state index in [1.165, 1.54) is 5.56 Å². The molecule has 1 unspecified atom stereocenters. The molecule has 0 radical (unpaired) electrons. The van der Waals surface area contributed by atoms with Gasteiger partial charge in [-0.15, -0.1) is 6.58 Å². The molecule has 0 aromatic heterocycles. The van der Waals surface area contributed by atoms with Crippen molar-refractivity contribution in [3.05, 3.63) is 79.4 Å². The van der Waals surface area contributed by atoms with Gasteiger partial charge in [0.15, 0.2) is 0 Å². The lowest BCUT2D eigenvalue weighted by atomic mass is 10.0. The topological polar surface area (TPSA) is 23.6 Å². The van der Waals surface area contributed by atoms with Crippen molar-refractivity contribution in [2.75, 3.05) is 20.6 Å². The molecule has 0 fully saturated rings. The maximum Gasteiger partial charge on any atom is 0.244 e. The van der Waals surface area contributed by atoms with Gasteiger partial charge in [-0.2, -0.15) is 0 Å². The van der Waals surface area contributed by atoms with Gasteiger partial charge in [-0.25, -0.2) is 0 Å². The smallest absolute Gasteiger partial charge is 0.244 e. The van der Waals surface area contributed by atoms with E-state index in [1.807, 2.05) is 49.2 Å². The van der Waals surface area contributed by atoms with Gasteiger partial charge in [-0.1, -0.05) is 67.3 Å². The van der Waals surface area contributed by atoms with Gasteiger partial charge in [0.2, 0.25) is 5.91 Å². The van der Waals surface area contributed by atoms with E-state index in [2.05, 4.69) is 37.4 Å². The van der Waals surface area contributed by atoms with Crippen molar-refractivity contribution in [2.24, 2.45) is 0 Å². The van der Waals surface area contributed by atoms with Crippen LogP contribution in [0.3, 0.4) is 0 Å². The lowest BCUT2D eigenvalue weighted by Gasteiger charge is -2.30. The minimum Gasteiger partial charge on any atom is -0.363 e. The molecule has 0 bridgehead atoms. The maximum atomic E-state index is 12.4. The first kappa shape index (κ1) is 18.5. The molecule has 0 heterocycles. The fourth-order valence-electron chi connectivity index (χ4n) is 2.69. The van der Waals surface area contributed by atoms with Crippen molar-refractivity contribution in [1.82, 2.24) is 9.80 Å². The Bertz CT molecular complexity index is 734. The van der Waals surface area contributed by atoms with Crippen LogP contribution in [0.4, 0.5) is 0 Å². The number of hydrogen-bond donors (Lipinski definition) is 0. The zero-order valence-electron chi connectivity index (χ0n) is 15.3. The average Bonchev–Trinajstić information content (AvgIpc) is 2.66. The van der Waals surface area contributed by atoms with Crippen molar-refractivity contribution in [2.45, 2.75) is 13.0 Å². The summed E-state index contributed by atoms with van der Waals surface area (Å²) < 4.78 is 0. The molecule has 25 heavy (non-hydrogen) atoms. The van der Waals surface area contributed by atoms with Gasteiger partial charge >= 0.3 is 0 Å². The Morgan fingerprint density at radius 1 is 1.04 bits per heavy atom. The Morgan fingerprint density at radius 2 is 1.60 bits per heavy atom. The molecule has 2 rings (SSSR count). The van der Waals surface area contributed by atoms with Gasteiger partial charge in [0.25, 0.3) is 0 Å². The fourth-order valence-corrected chi connectivity index (χ4v) is 2.69. The summed E-state index contributed by atoms with van der Waals surface area (Å²) in [5.74, 6) is 0.0458. The van der Waals surface area contributed by atoms with Crippen LogP contribution in [-0.2, 0) is 4.79 Å². The second-order valence-corrected chi connectivity index (χ2v) is 6.18. The highest BCUT2D eigenvalue weighted by Crippen LogP contribution is 2.24. The van der Waals surface area contributed by atoms with E-state index in [-0.39, 0.29) is 11.9 Å². The van der Waals surface area contributed by atoms with E-state index in [4.69, 9.17) is 0 Å². The van der Waals surface area contributed by atoms with Crippen molar-refractivity contribution in [1.29, 1.82) is 0 Å². The second kappa shape index (κ2) is 8.34. The van der Waals surface area contributed by atoms with Crippen LogP contribution < -0.4 is 0 Å². The van der Waals surface area contributed by atoms with Crippen LogP contribution in [0.25, 0.3) is 16.8 Å². The number of hydrogen-bond acceptors (Lipinski definition) is 2. The average molecular weight is 334 g/mol. The highest BCUT2D eigenvalue weighted by molar-refractivity contribution is 5.83. The molecular formula is C22H26N2O. The molecule has 130 valence electrons. The van der Waals surface area contributed by atoms with Crippen LogP contribution in [0, 0.1) is 0 Å². The van der Waals surface area contributed by atoms with Crippen molar-refractivity contribution < 1.29 is 4.79 Å². The Labute approximate surface area is 150 Å². The number of amides is 1. The second-order valence-electron chi connectivity index (χ2n) is 6.18. The van der Waals surface area contributed by atoms with Crippen molar-refractivity contribution >= 4 is 11.6 Å². The predicted molar refractivity (Wildman–Crippen MR) is 106 cm³/mol. The summed E-state index contributed by atoms with van der Waals surface area (Å²) in [7, 11) is 3.68. The summed E-state index contributed by atoms with van der Waals surface area (Å²) in [5, 5.41) is 0. The zero-order valence-corrected chi connectivity index (χ0v) is 15.3. The third-order valence-electron chi connectivity index (χ3n) is 4.47. The van der Waals surface area contributed by atoms with Gasteiger partial charge in [0, 0.05) is 26.3 Å². The molecule has 1 atom stereocenters. The van der Waals surface area contributed by atoms with Gasteiger partial charge in [-0.05, 0) is 23.6 Å². The Balaban J connectivity index is 2.11. The summed E-state index contributed by atoms with van der Waals surface area (Å²) in [4.78, 5) is 16.0. The minimum absolute atomic E-state index is 0.0458. The van der Waals surface area contributed by atoms with E-state index in [9.17, 15) is 4.79 Å². The van der Waals surface area contributed by atoms with Gasteiger partial charge in [0.1, 0.15) is 6.04 Å². The summed E-state index contributed by atoms with van der Waals surface area (Å²) in [6.07, 6.45) is 1.72. The molecule has 2 aromatic rings. The van der Waals surface area contributed by atoms with E-state index in [0.717, 1.165) is 16.8 Å². The lowest BCUT2D eigenvalue weighted by molar-refractivity contribution is -0.133. The number of carbonyl (C=O) groups excluding carboxylic acids is 1. The first-order valence-corrected chi connectivity index (χ1v) is 8.39. The molecule has 0 saturated heterocycles. The highest BCUT2D eigenvalue weighted by Gasteiger charge is 2.22.